The summed E-state index contributed by atoms with van der Waals surface area (Å²) in [6.45, 7) is 7.00. The van der Waals surface area contributed by atoms with E-state index in [1.54, 1.807) is 0 Å². The first-order valence-corrected chi connectivity index (χ1v) is 34.1. The number of likely N-dealkylation sites (N-methyl/N-ethyl adjacent to an activating group) is 1. The molecule has 0 radical (unpaired) electrons. The molecule has 0 aliphatic carbocycles. The summed E-state index contributed by atoms with van der Waals surface area (Å²) in [5.74, 6) is -0.503. The van der Waals surface area contributed by atoms with E-state index in [2.05, 4.69) is 74.7 Å². The molecular formula is C67H126N2O7P+. The number of rotatable bonds is 59. The van der Waals surface area contributed by atoms with Crippen LogP contribution in [0.1, 0.15) is 303 Å². The number of phosphoric acid groups is 1. The van der Waals surface area contributed by atoms with Crippen molar-refractivity contribution in [2.45, 2.75) is 315 Å². The molecule has 0 aliphatic rings. The summed E-state index contributed by atoms with van der Waals surface area (Å²) in [6, 6.07) is -0.849. The van der Waals surface area contributed by atoms with Crippen LogP contribution in [0.4, 0.5) is 0 Å². The van der Waals surface area contributed by atoms with Crippen molar-refractivity contribution in [1.82, 2.24) is 5.32 Å². The number of ether oxygens (including phenoxy) is 1. The Morgan fingerprint density at radius 3 is 1.21 bits per heavy atom. The van der Waals surface area contributed by atoms with Gasteiger partial charge in [0.05, 0.1) is 33.8 Å². The average molecular weight is 1100 g/mol. The molecule has 0 aromatic heterocycles. The second-order valence-corrected chi connectivity index (χ2v) is 24.7. The number of amides is 1. The van der Waals surface area contributed by atoms with Gasteiger partial charge >= 0.3 is 13.8 Å². The molecule has 0 aromatic carbocycles. The van der Waals surface area contributed by atoms with Crippen molar-refractivity contribution in [1.29, 1.82) is 0 Å². The molecule has 3 unspecified atom stereocenters. The fourth-order valence-corrected chi connectivity index (χ4v) is 10.1. The van der Waals surface area contributed by atoms with Gasteiger partial charge in [-0.3, -0.25) is 18.6 Å². The fraction of sp³-hybridized carbons (Fsp3) is 0.821. The highest BCUT2D eigenvalue weighted by atomic mass is 31.2. The van der Waals surface area contributed by atoms with Crippen LogP contribution in [-0.4, -0.2) is 74.3 Å². The van der Waals surface area contributed by atoms with Crippen molar-refractivity contribution in [3.05, 3.63) is 60.8 Å². The molecule has 0 saturated carbocycles. The minimum Gasteiger partial charge on any atom is -0.456 e. The van der Waals surface area contributed by atoms with Crippen LogP contribution in [0, 0.1) is 0 Å². The van der Waals surface area contributed by atoms with E-state index in [0.717, 1.165) is 83.5 Å². The van der Waals surface area contributed by atoms with E-state index in [9.17, 15) is 19.0 Å². The van der Waals surface area contributed by atoms with Crippen LogP contribution in [0.15, 0.2) is 60.8 Å². The Morgan fingerprint density at radius 1 is 0.455 bits per heavy atom. The van der Waals surface area contributed by atoms with E-state index < -0.39 is 20.0 Å². The van der Waals surface area contributed by atoms with Crippen LogP contribution in [0.3, 0.4) is 0 Å². The van der Waals surface area contributed by atoms with E-state index in [4.69, 9.17) is 13.8 Å². The molecule has 2 N–H and O–H groups in total. The third-order valence-corrected chi connectivity index (χ3v) is 15.4. The summed E-state index contributed by atoms with van der Waals surface area (Å²) in [5, 5.41) is 3.06. The average Bonchev–Trinajstić information content (AvgIpc) is 3.39. The Balaban J connectivity index is 5.13. The minimum absolute atomic E-state index is 0.0396. The van der Waals surface area contributed by atoms with Crippen molar-refractivity contribution in [2.24, 2.45) is 0 Å². The second-order valence-electron chi connectivity index (χ2n) is 23.3. The van der Waals surface area contributed by atoms with Crippen molar-refractivity contribution < 1.29 is 37.3 Å². The number of allylic oxidation sites excluding steroid dienone is 9. The van der Waals surface area contributed by atoms with Crippen LogP contribution < -0.4 is 5.32 Å². The highest BCUT2D eigenvalue weighted by molar-refractivity contribution is 7.47. The minimum atomic E-state index is -4.45. The number of nitrogens with zero attached hydrogens (tertiary/aromatic N) is 1. The lowest BCUT2D eigenvalue weighted by molar-refractivity contribution is -0.870. The van der Waals surface area contributed by atoms with E-state index in [1.807, 2.05) is 33.3 Å². The number of hydrogen-bond acceptors (Lipinski definition) is 6. The molecular weight excluding hydrogens is 976 g/mol. The van der Waals surface area contributed by atoms with Crippen LogP contribution in [0.2, 0.25) is 0 Å². The maximum absolute atomic E-state index is 13.5. The van der Waals surface area contributed by atoms with Crippen molar-refractivity contribution in [2.75, 3.05) is 40.9 Å². The molecule has 450 valence electrons. The molecule has 0 saturated heterocycles. The maximum Gasteiger partial charge on any atom is 0.472 e. The fourth-order valence-electron chi connectivity index (χ4n) is 9.40. The number of unbranched alkanes of at least 4 members (excludes halogenated alkanes) is 35. The van der Waals surface area contributed by atoms with Gasteiger partial charge in [-0.15, -0.1) is 0 Å². The molecule has 0 aromatic rings. The molecule has 0 fully saturated rings. The first-order chi connectivity index (χ1) is 37.4. The van der Waals surface area contributed by atoms with Gasteiger partial charge in [0.1, 0.15) is 19.3 Å². The van der Waals surface area contributed by atoms with E-state index in [1.165, 1.54) is 186 Å². The molecule has 9 nitrogen and oxygen atoms in total. The van der Waals surface area contributed by atoms with Crippen LogP contribution in [0.5, 0.6) is 0 Å². The number of esters is 1. The second kappa shape index (κ2) is 57.0. The van der Waals surface area contributed by atoms with Crippen molar-refractivity contribution >= 4 is 19.7 Å². The van der Waals surface area contributed by atoms with Gasteiger partial charge in [0, 0.05) is 12.8 Å². The smallest absolute Gasteiger partial charge is 0.456 e. The third-order valence-electron chi connectivity index (χ3n) is 14.5. The van der Waals surface area contributed by atoms with E-state index in [-0.39, 0.29) is 31.5 Å². The molecule has 3 atom stereocenters. The lowest BCUT2D eigenvalue weighted by Gasteiger charge is -2.27. The van der Waals surface area contributed by atoms with E-state index >= 15 is 0 Å². The predicted octanol–water partition coefficient (Wildman–Crippen LogP) is 20.2. The van der Waals surface area contributed by atoms with Crippen LogP contribution in [-0.2, 0) is 27.9 Å². The summed E-state index contributed by atoms with van der Waals surface area (Å²) >= 11 is 0. The Kier molecular flexibility index (Phi) is 55.3. The van der Waals surface area contributed by atoms with Gasteiger partial charge in [-0.1, -0.05) is 275 Å². The summed E-state index contributed by atoms with van der Waals surface area (Å²) in [4.78, 5) is 37.7. The van der Waals surface area contributed by atoms with Gasteiger partial charge in [-0.05, 0) is 76.7 Å². The number of hydrogen-bond donors (Lipinski definition) is 2. The zero-order valence-corrected chi connectivity index (χ0v) is 52.3. The van der Waals surface area contributed by atoms with Crippen LogP contribution in [0.25, 0.3) is 0 Å². The molecule has 77 heavy (non-hydrogen) atoms. The summed E-state index contributed by atoms with van der Waals surface area (Å²) in [5.41, 5.74) is 0. The quantitative estimate of drug-likeness (QED) is 0.0205. The third kappa shape index (κ3) is 58.2. The maximum atomic E-state index is 13.5. The highest BCUT2D eigenvalue weighted by Gasteiger charge is 2.30. The molecule has 10 heteroatoms. The Labute approximate surface area is 477 Å². The summed E-state index contributed by atoms with van der Waals surface area (Å²) in [6.07, 6.45) is 72.1. The topological polar surface area (TPSA) is 111 Å². The zero-order valence-electron chi connectivity index (χ0n) is 51.5. The number of carbonyl (C=O) groups is 2. The molecule has 1 amide bonds. The molecule has 0 rings (SSSR count). The number of carbonyl (C=O) groups excluding carboxylic acids is 2. The molecule has 0 bridgehead atoms. The zero-order chi connectivity index (χ0) is 56.4. The molecule has 0 spiro atoms. The number of phosphoric ester groups is 1. The van der Waals surface area contributed by atoms with E-state index in [0.29, 0.717) is 17.4 Å². The lowest BCUT2D eigenvalue weighted by Crippen LogP contribution is -2.47. The number of nitrogens with one attached hydrogen (secondary N) is 1. The number of quaternary nitrogens is 1. The Hall–Kier alpha value is -2.29. The van der Waals surface area contributed by atoms with Crippen molar-refractivity contribution in [3.8, 4) is 0 Å². The Morgan fingerprint density at radius 2 is 0.792 bits per heavy atom. The van der Waals surface area contributed by atoms with Gasteiger partial charge in [0.2, 0.25) is 5.91 Å². The summed E-state index contributed by atoms with van der Waals surface area (Å²) in [7, 11) is 1.50. The first-order valence-electron chi connectivity index (χ1n) is 32.6. The van der Waals surface area contributed by atoms with Crippen molar-refractivity contribution in [3.63, 3.8) is 0 Å². The van der Waals surface area contributed by atoms with Gasteiger partial charge in [0.25, 0.3) is 0 Å². The SMILES string of the molecule is CCCCC/C=C\C/C=C\C/C=C\C/C=C\CCCCCCCCCCCC(=O)OC(/C=C\CCCCCCCCCCCC)C(COP(=O)(O)OCC[N+](C)(C)C)NC(=O)CCCCCCCCCCCCCCCC. The highest BCUT2D eigenvalue weighted by Crippen LogP contribution is 2.43. The van der Waals surface area contributed by atoms with Crippen LogP contribution >= 0.6 is 7.82 Å². The van der Waals surface area contributed by atoms with Gasteiger partial charge < -0.3 is 19.4 Å². The normalized spacial score (nSPS) is 14.0. The standard InChI is InChI=1S/C67H125N2O7P/c1-7-10-13-16-19-22-25-28-30-31-32-33-34-35-36-37-38-39-40-42-45-48-51-54-57-60-67(71)76-65(58-55-52-49-46-43-27-24-21-18-15-12-9-3)64(63-75-77(72,73)74-62-61-69(4,5)6)68-66(70)59-56-53-50-47-44-41-29-26-23-20-17-14-11-8-2/h19,22,28,30,32-33,35-36,55,58,64-65H,7-18,20-21,23-27,29,31,34,37-54,56-57,59-63H2,1-6H3,(H-,68,70,72,73)/p+1/b22-19-,30-28-,33-32-,36-35-,58-55-. The first kappa shape index (κ1) is 74.7. The monoisotopic (exact) mass is 1100 g/mol. The van der Waals surface area contributed by atoms with Gasteiger partial charge in [-0.2, -0.15) is 0 Å². The lowest BCUT2D eigenvalue weighted by atomic mass is 10.0. The Bertz CT molecular complexity index is 1500. The molecule has 0 heterocycles. The van der Waals surface area contributed by atoms with Gasteiger partial charge in [0.15, 0.2) is 0 Å². The van der Waals surface area contributed by atoms with Gasteiger partial charge in [-0.25, -0.2) is 4.57 Å². The molecule has 0 aliphatic heterocycles. The largest absolute Gasteiger partial charge is 0.472 e. The predicted molar refractivity (Wildman–Crippen MR) is 332 cm³/mol. The summed E-state index contributed by atoms with van der Waals surface area (Å²) < 4.78 is 30.7.